The number of hydrogen-bond donors (Lipinski definition) is 1. The molecule has 0 radical (unpaired) electrons. The van der Waals surface area contributed by atoms with Crippen molar-refractivity contribution >= 4 is 11.0 Å². The predicted molar refractivity (Wildman–Crippen MR) is 76.6 cm³/mol. The highest BCUT2D eigenvalue weighted by Gasteiger charge is 2.12. The number of imidazole rings is 1. The number of aromatic nitrogens is 2. The van der Waals surface area contributed by atoms with Crippen LogP contribution in [0.5, 0.6) is 5.75 Å². The average molecular weight is 252 g/mol. The molecule has 0 bridgehead atoms. The van der Waals surface area contributed by atoms with E-state index in [-0.39, 0.29) is 5.92 Å². The smallest absolute Gasteiger partial charge is 0.121 e. The van der Waals surface area contributed by atoms with Crippen molar-refractivity contribution in [2.24, 2.45) is 0 Å². The molecule has 0 fully saturated rings. The summed E-state index contributed by atoms with van der Waals surface area (Å²) in [6, 6.07) is 16.3. The minimum atomic E-state index is 0.250. The number of benzene rings is 2. The van der Waals surface area contributed by atoms with Crippen LogP contribution in [0.1, 0.15) is 24.2 Å². The van der Waals surface area contributed by atoms with Gasteiger partial charge in [-0.1, -0.05) is 37.3 Å². The summed E-state index contributed by atoms with van der Waals surface area (Å²) in [5.74, 6) is 2.07. The van der Waals surface area contributed by atoms with E-state index in [9.17, 15) is 0 Å². The van der Waals surface area contributed by atoms with Crippen LogP contribution in [0.25, 0.3) is 11.0 Å². The zero-order valence-corrected chi connectivity index (χ0v) is 11.1. The Morgan fingerprint density at radius 1 is 1.11 bits per heavy atom. The lowest BCUT2D eigenvalue weighted by Crippen LogP contribution is -1.97. The Balaban J connectivity index is 2.01. The van der Waals surface area contributed by atoms with Gasteiger partial charge in [0.1, 0.15) is 11.6 Å². The zero-order valence-electron chi connectivity index (χ0n) is 11.1. The van der Waals surface area contributed by atoms with Crippen molar-refractivity contribution in [1.29, 1.82) is 0 Å². The molecule has 0 amide bonds. The Hall–Kier alpha value is -2.29. The standard InChI is InChI=1S/C16H16N2O/c1-11(12-6-4-3-5-7-12)16-17-14-9-8-13(19-2)10-15(14)18-16/h3-11H,1-2H3,(H,17,18). The average Bonchev–Trinajstić information content (AvgIpc) is 2.90. The Morgan fingerprint density at radius 2 is 1.89 bits per heavy atom. The molecule has 19 heavy (non-hydrogen) atoms. The molecule has 3 rings (SSSR count). The number of rotatable bonds is 3. The molecule has 1 N–H and O–H groups in total. The molecule has 0 aliphatic heterocycles. The maximum absolute atomic E-state index is 5.23. The highest BCUT2D eigenvalue weighted by molar-refractivity contribution is 5.77. The number of H-pyrrole nitrogens is 1. The highest BCUT2D eigenvalue weighted by Crippen LogP contribution is 2.25. The van der Waals surface area contributed by atoms with Crippen LogP contribution in [0.3, 0.4) is 0 Å². The SMILES string of the molecule is COc1ccc2nc(C(C)c3ccccc3)[nH]c2c1. The summed E-state index contributed by atoms with van der Waals surface area (Å²) < 4.78 is 5.23. The van der Waals surface area contributed by atoms with Crippen LogP contribution in [0, 0.1) is 0 Å². The molecule has 1 aromatic heterocycles. The van der Waals surface area contributed by atoms with E-state index in [1.165, 1.54) is 5.56 Å². The molecule has 2 aromatic carbocycles. The van der Waals surface area contributed by atoms with Gasteiger partial charge in [-0.15, -0.1) is 0 Å². The molecule has 3 heteroatoms. The summed E-state index contributed by atoms with van der Waals surface area (Å²) in [5.41, 5.74) is 3.24. The molecule has 1 atom stereocenters. The van der Waals surface area contributed by atoms with Crippen LogP contribution < -0.4 is 4.74 Å². The molecule has 0 spiro atoms. The Morgan fingerprint density at radius 3 is 2.63 bits per heavy atom. The van der Waals surface area contributed by atoms with Crippen molar-refractivity contribution in [1.82, 2.24) is 9.97 Å². The van der Waals surface area contributed by atoms with E-state index in [1.54, 1.807) is 7.11 Å². The van der Waals surface area contributed by atoms with Crippen LogP contribution in [-0.2, 0) is 0 Å². The topological polar surface area (TPSA) is 37.9 Å². The van der Waals surface area contributed by atoms with Crippen molar-refractivity contribution in [3.63, 3.8) is 0 Å². The molecule has 3 aromatic rings. The van der Waals surface area contributed by atoms with Crippen molar-refractivity contribution < 1.29 is 4.74 Å². The second kappa shape index (κ2) is 4.76. The molecule has 0 aliphatic rings. The number of hydrogen-bond acceptors (Lipinski definition) is 2. The number of ether oxygens (including phenoxy) is 1. The maximum atomic E-state index is 5.23. The quantitative estimate of drug-likeness (QED) is 0.771. The monoisotopic (exact) mass is 252 g/mol. The van der Waals surface area contributed by atoms with E-state index in [4.69, 9.17) is 4.74 Å². The molecular formula is C16H16N2O. The van der Waals surface area contributed by atoms with E-state index in [0.717, 1.165) is 22.6 Å². The first-order chi connectivity index (χ1) is 9.28. The first-order valence-corrected chi connectivity index (χ1v) is 6.36. The fourth-order valence-electron chi connectivity index (χ4n) is 2.24. The van der Waals surface area contributed by atoms with Gasteiger partial charge in [-0.3, -0.25) is 0 Å². The highest BCUT2D eigenvalue weighted by atomic mass is 16.5. The molecule has 96 valence electrons. The van der Waals surface area contributed by atoms with Crippen LogP contribution in [0.15, 0.2) is 48.5 Å². The summed E-state index contributed by atoms with van der Waals surface area (Å²) in [7, 11) is 1.67. The molecule has 3 nitrogen and oxygen atoms in total. The Kier molecular flexibility index (Phi) is 2.95. The first-order valence-electron chi connectivity index (χ1n) is 6.36. The summed E-state index contributed by atoms with van der Waals surface area (Å²) in [6.07, 6.45) is 0. The summed E-state index contributed by atoms with van der Waals surface area (Å²) in [6.45, 7) is 2.16. The van der Waals surface area contributed by atoms with Gasteiger partial charge < -0.3 is 9.72 Å². The third kappa shape index (κ3) is 2.19. The lowest BCUT2D eigenvalue weighted by Gasteiger charge is -2.07. The van der Waals surface area contributed by atoms with Gasteiger partial charge in [0.2, 0.25) is 0 Å². The predicted octanol–water partition coefficient (Wildman–Crippen LogP) is 3.72. The van der Waals surface area contributed by atoms with E-state index in [1.807, 2.05) is 24.3 Å². The molecule has 1 heterocycles. The third-order valence-electron chi connectivity index (χ3n) is 3.42. The second-order valence-corrected chi connectivity index (χ2v) is 4.64. The van der Waals surface area contributed by atoms with Crippen LogP contribution in [0.4, 0.5) is 0 Å². The number of aromatic amines is 1. The maximum Gasteiger partial charge on any atom is 0.121 e. The first kappa shape index (κ1) is 11.8. The number of nitrogens with one attached hydrogen (secondary N) is 1. The summed E-state index contributed by atoms with van der Waals surface area (Å²) in [4.78, 5) is 8.03. The van der Waals surface area contributed by atoms with Gasteiger partial charge in [-0.2, -0.15) is 0 Å². The zero-order chi connectivity index (χ0) is 13.2. The van der Waals surface area contributed by atoms with Crippen molar-refractivity contribution in [3.05, 3.63) is 59.9 Å². The van der Waals surface area contributed by atoms with Crippen LogP contribution >= 0.6 is 0 Å². The van der Waals surface area contributed by atoms with Gasteiger partial charge in [0.05, 0.1) is 18.1 Å². The lowest BCUT2D eigenvalue weighted by molar-refractivity contribution is 0.415. The van der Waals surface area contributed by atoms with Crippen LogP contribution in [0.2, 0.25) is 0 Å². The van der Waals surface area contributed by atoms with E-state index in [0.29, 0.717) is 0 Å². The summed E-state index contributed by atoms with van der Waals surface area (Å²) >= 11 is 0. The van der Waals surface area contributed by atoms with E-state index in [2.05, 4.69) is 41.2 Å². The largest absolute Gasteiger partial charge is 0.497 e. The molecular weight excluding hydrogens is 236 g/mol. The van der Waals surface area contributed by atoms with Crippen molar-refractivity contribution in [2.75, 3.05) is 7.11 Å². The third-order valence-corrected chi connectivity index (χ3v) is 3.42. The van der Waals surface area contributed by atoms with E-state index < -0.39 is 0 Å². The molecule has 0 saturated carbocycles. The van der Waals surface area contributed by atoms with Crippen molar-refractivity contribution in [3.8, 4) is 5.75 Å². The number of nitrogens with zero attached hydrogens (tertiary/aromatic N) is 1. The molecule has 1 unspecified atom stereocenters. The summed E-state index contributed by atoms with van der Waals surface area (Å²) in [5, 5.41) is 0. The molecule has 0 aliphatic carbocycles. The minimum Gasteiger partial charge on any atom is -0.497 e. The Bertz CT molecular complexity index is 688. The van der Waals surface area contributed by atoms with E-state index >= 15 is 0 Å². The van der Waals surface area contributed by atoms with Gasteiger partial charge in [0.25, 0.3) is 0 Å². The van der Waals surface area contributed by atoms with Gasteiger partial charge in [-0.25, -0.2) is 4.98 Å². The van der Waals surface area contributed by atoms with Gasteiger partial charge >= 0.3 is 0 Å². The fraction of sp³-hybridized carbons (Fsp3) is 0.188. The second-order valence-electron chi connectivity index (χ2n) is 4.64. The van der Waals surface area contributed by atoms with Gasteiger partial charge in [-0.05, 0) is 17.7 Å². The number of methoxy groups -OCH3 is 1. The normalized spacial score (nSPS) is 12.5. The minimum absolute atomic E-state index is 0.250. The Labute approximate surface area is 112 Å². The lowest BCUT2D eigenvalue weighted by atomic mass is 10.0. The van der Waals surface area contributed by atoms with Crippen LogP contribution in [-0.4, -0.2) is 17.1 Å². The number of fused-ring (bicyclic) bond motifs is 1. The molecule has 0 saturated heterocycles. The fourth-order valence-corrected chi connectivity index (χ4v) is 2.24. The van der Waals surface area contributed by atoms with Gasteiger partial charge in [0.15, 0.2) is 0 Å². The van der Waals surface area contributed by atoms with Gasteiger partial charge in [0, 0.05) is 12.0 Å². The van der Waals surface area contributed by atoms with Crippen molar-refractivity contribution in [2.45, 2.75) is 12.8 Å².